The summed E-state index contributed by atoms with van der Waals surface area (Å²) in [6, 6.07) is 3.94. The van der Waals surface area contributed by atoms with Crippen LogP contribution in [-0.4, -0.2) is 27.8 Å². The van der Waals surface area contributed by atoms with Crippen LogP contribution in [0, 0.1) is 0 Å². The van der Waals surface area contributed by atoms with Gasteiger partial charge in [0, 0.05) is 11.3 Å². The van der Waals surface area contributed by atoms with Crippen LogP contribution in [-0.2, 0) is 22.6 Å². The highest BCUT2D eigenvalue weighted by molar-refractivity contribution is 7.09. The van der Waals surface area contributed by atoms with Crippen LogP contribution in [0.4, 0.5) is 0 Å². The molecule has 2 rings (SSSR count). The number of aliphatic carboxylic acids is 1. The average molecular weight is 254 g/mol. The summed E-state index contributed by atoms with van der Waals surface area (Å²) in [5.74, 6) is -0.164. The van der Waals surface area contributed by atoms with E-state index in [2.05, 4.69) is 10.1 Å². The zero-order chi connectivity index (χ0) is 12.1. The van der Waals surface area contributed by atoms with Gasteiger partial charge in [0.25, 0.3) is 5.89 Å². The first kappa shape index (κ1) is 11.7. The molecule has 2 aromatic heterocycles. The van der Waals surface area contributed by atoms with Crippen LogP contribution in [0.2, 0.25) is 0 Å². The Balaban J connectivity index is 1.85. The summed E-state index contributed by atoms with van der Waals surface area (Å²) in [4.78, 5) is 15.5. The number of rotatable bonds is 6. The third-order valence-corrected chi connectivity index (χ3v) is 2.75. The average Bonchev–Trinajstić information content (AvgIpc) is 2.90. The number of carboxylic acids is 1. The minimum Gasteiger partial charge on any atom is -0.480 e. The van der Waals surface area contributed by atoms with Crippen LogP contribution in [0.1, 0.15) is 16.6 Å². The zero-order valence-corrected chi connectivity index (χ0v) is 9.64. The molecular weight excluding hydrogens is 244 g/mol. The molecule has 0 amide bonds. The number of carboxylic acid groups (broad SMARTS) is 1. The van der Waals surface area contributed by atoms with E-state index in [0.29, 0.717) is 12.2 Å². The number of carbonyl (C=O) groups is 1. The molecule has 2 aromatic rings. The summed E-state index contributed by atoms with van der Waals surface area (Å²) >= 11 is 1.62. The molecule has 0 aliphatic carbocycles. The van der Waals surface area contributed by atoms with Gasteiger partial charge in [0.1, 0.15) is 13.2 Å². The number of hydrogen-bond acceptors (Lipinski definition) is 6. The monoisotopic (exact) mass is 254 g/mol. The Morgan fingerprint density at radius 2 is 2.47 bits per heavy atom. The van der Waals surface area contributed by atoms with E-state index in [-0.39, 0.29) is 19.1 Å². The van der Waals surface area contributed by atoms with Gasteiger partial charge in [-0.2, -0.15) is 4.98 Å². The molecule has 0 spiro atoms. The molecule has 0 aromatic carbocycles. The Morgan fingerprint density at radius 1 is 1.59 bits per heavy atom. The summed E-state index contributed by atoms with van der Waals surface area (Å²) in [5.41, 5.74) is 0. The van der Waals surface area contributed by atoms with E-state index >= 15 is 0 Å². The molecule has 0 fully saturated rings. The number of hydrogen-bond donors (Lipinski definition) is 1. The summed E-state index contributed by atoms with van der Waals surface area (Å²) in [6.45, 7) is -0.355. The fourth-order valence-electron chi connectivity index (χ4n) is 1.22. The summed E-state index contributed by atoms with van der Waals surface area (Å²) < 4.78 is 9.76. The van der Waals surface area contributed by atoms with E-state index in [4.69, 9.17) is 14.4 Å². The number of nitrogens with zero attached hydrogens (tertiary/aromatic N) is 2. The lowest BCUT2D eigenvalue weighted by molar-refractivity contribution is -0.142. The van der Waals surface area contributed by atoms with E-state index in [1.54, 1.807) is 11.3 Å². The van der Waals surface area contributed by atoms with Crippen molar-refractivity contribution in [1.29, 1.82) is 0 Å². The molecule has 0 saturated carbocycles. The second kappa shape index (κ2) is 5.55. The first-order valence-electron chi connectivity index (χ1n) is 4.87. The van der Waals surface area contributed by atoms with Gasteiger partial charge in [-0.3, -0.25) is 0 Å². The predicted molar refractivity (Wildman–Crippen MR) is 58.7 cm³/mol. The Morgan fingerprint density at radius 3 is 3.18 bits per heavy atom. The van der Waals surface area contributed by atoms with Crippen molar-refractivity contribution >= 4 is 17.3 Å². The van der Waals surface area contributed by atoms with Crippen molar-refractivity contribution in [2.75, 3.05) is 6.61 Å². The van der Waals surface area contributed by atoms with Gasteiger partial charge in [-0.1, -0.05) is 11.2 Å². The molecule has 17 heavy (non-hydrogen) atoms. The zero-order valence-electron chi connectivity index (χ0n) is 8.83. The van der Waals surface area contributed by atoms with Crippen LogP contribution >= 0.6 is 11.3 Å². The van der Waals surface area contributed by atoms with Gasteiger partial charge in [0.15, 0.2) is 5.82 Å². The predicted octanol–water partition coefficient (Wildman–Crippen LogP) is 1.32. The largest absolute Gasteiger partial charge is 0.480 e. The lowest BCUT2D eigenvalue weighted by Gasteiger charge is -1.94. The van der Waals surface area contributed by atoms with Gasteiger partial charge in [-0.25, -0.2) is 4.79 Å². The third kappa shape index (κ3) is 3.65. The molecule has 0 saturated heterocycles. The summed E-state index contributed by atoms with van der Waals surface area (Å²) in [5, 5.41) is 14.1. The quantitative estimate of drug-likeness (QED) is 0.836. The van der Waals surface area contributed by atoms with E-state index in [9.17, 15) is 4.79 Å². The molecule has 6 nitrogen and oxygen atoms in total. The van der Waals surface area contributed by atoms with Crippen LogP contribution in [0.15, 0.2) is 22.0 Å². The van der Waals surface area contributed by atoms with Gasteiger partial charge < -0.3 is 14.4 Å². The van der Waals surface area contributed by atoms with Crippen molar-refractivity contribution in [3.63, 3.8) is 0 Å². The van der Waals surface area contributed by atoms with Crippen molar-refractivity contribution in [3.8, 4) is 0 Å². The fourth-order valence-corrected chi connectivity index (χ4v) is 1.92. The van der Waals surface area contributed by atoms with Crippen molar-refractivity contribution in [2.24, 2.45) is 0 Å². The molecule has 0 atom stereocenters. The van der Waals surface area contributed by atoms with E-state index in [1.807, 2.05) is 17.5 Å². The summed E-state index contributed by atoms with van der Waals surface area (Å²) in [7, 11) is 0. The smallest absolute Gasteiger partial charge is 0.329 e. The van der Waals surface area contributed by atoms with Crippen LogP contribution < -0.4 is 0 Å². The minimum atomic E-state index is -1.02. The van der Waals surface area contributed by atoms with Crippen molar-refractivity contribution in [2.45, 2.75) is 13.0 Å². The van der Waals surface area contributed by atoms with Gasteiger partial charge >= 0.3 is 5.97 Å². The Hall–Kier alpha value is -1.73. The fraction of sp³-hybridized carbons (Fsp3) is 0.300. The van der Waals surface area contributed by atoms with E-state index in [1.165, 1.54) is 0 Å². The van der Waals surface area contributed by atoms with Gasteiger partial charge in [0.05, 0.1) is 0 Å². The standard InChI is InChI=1S/C10H10N2O4S/c13-10(14)6-15-5-9-11-8(12-16-9)4-7-2-1-3-17-7/h1-3H,4-6H2,(H,13,14). The maximum atomic E-state index is 10.2. The lowest BCUT2D eigenvalue weighted by Crippen LogP contribution is -2.06. The van der Waals surface area contributed by atoms with E-state index < -0.39 is 5.97 Å². The van der Waals surface area contributed by atoms with Crippen LogP contribution in [0.3, 0.4) is 0 Å². The molecule has 7 heteroatoms. The number of ether oxygens (including phenoxy) is 1. The molecule has 0 radical (unpaired) electrons. The first-order valence-corrected chi connectivity index (χ1v) is 5.75. The van der Waals surface area contributed by atoms with E-state index in [0.717, 1.165) is 4.88 Å². The minimum absolute atomic E-state index is 0.0176. The first-order chi connectivity index (χ1) is 8.24. The van der Waals surface area contributed by atoms with Gasteiger partial charge in [0.2, 0.25) is 0 Å². The molecule has 90 valence electrons. The second-order valence-corrected chi connectivity index (χ2v) is 4.28. The number of aromatic nitrogens is 2. The van der Waals surface area contributed by atoms with Crippen molar-refractivity contribution < 1.29 is 19.2 Å². The SMILES string of the molecule is O=C(O)COCc1nc(Cc2cccs2)no1. The molecule has 1 N–H and O–H groups in total. The maximum Gasteiger partial charge on any atom is 0.329 e. The summed E-state index contributed by atoms with van der Waals surface area (Å²) in [6.07, 6.45) is 0.611. The Kier molecular flexibility index (Phi) is 3.84. The highest BCUT2D eigenvalue weighted by Gasteiger charge is 2.08. The maximum absolute atomic E-state index is 10.2. The highest BCUT2D eigenvalue weighted by Crippen LogP contribution is 2.12. The Labute approximate surface area is 101 Å². The second-order valence-electron chi connectivity index (χ2n) is 3.25. The molecule has 0 aliphatic rings. The molecular formula is C10H10N2O4S. The topological polar surface area (TPSA) is 85.5 Å². The molecule has 0 bridgehead atoms. The Bertz CT molecular complexity index is 480. The van der Waals surface area contributed by atoms with Crippen LogP contribution in [0.25, 0.3) is 0 Å². The normalized spacial score (nSPS) is 10.6. The van der Waals surface area contributed by atoms with Crippen LogP contribution in [0.5, 0.6) is 0 Å². The third-order valence-electron chi connectivity index (χ3n) is 1.87. The lowest BCUT2D eigenvalue weighted by atomic mass is 10.3. The highest BCUT2D eigenvalue weighted by atomic mass is 32.1. The van der Waals surface area contributed by atoms with Gasteiger partial charge in [-0.15, -0.1) is 11.3 Å². The van der Waals surface area contributed by atoms with Crippen molar-refractivity contribution in [3.05, 3.63) is 34.1 Å². The van der Waals surface area contributed by atoms with Gasteiger partial charge in [-0.05, 0) is 11.4 Å². The molecule has 0 unspecified atom stereocenters. The molecule has 2 heterocycles. The molecule has 0 aliphatic heterocycles. The van der Waals surface area contributed by atoms with Crippen molar-refractivity contribution in [1.82, 2.24) is 10.1 Å². The number of thiophene rings is 1.